The molecule has 2 aromatic carbocycles. The SMILES string of the molecule is Cc1cc(C)n(C(C)C(=O)Nc2ccc(NC(=O)/C=C/c3cccc(F)c3)cc2Cl)n1. The Morgan fingerprint density at radius 2 is 1.90 bits per heavy atom. The Hall–Kier alpha value is -3.45. The number of nitrogens with one attached hydrogen (secondary N) is 2. The van der Waals surface area contributed by atoms with Crippen LogP contribution < -0.4 is 10.6 Å². The topological polar surface area (TPSA) is 76.0 Å². The Kier molecular flexibility index (Phi) is 6.87. The van der Waals surface area contributed by atoms with Gasteiger partial charge >= 0.3 is 0 Å². The fourth-order valence-corrected chi connectivity index (χ4v) is 3.27. The number of aryl methyl sites for hydroxylation is 2. The van der Waals surface area contributed by atoms with Crippen LogP contribution in [0.25, 0.3) is 6.08 Å². The highest BCUT2D eigenvalue weighted by atomic mass is 35.5. The summed E-state index contributed by atoms with van der Waals surface area (Å²) in [7, 11) is 0. The second kappa shape index (κ2) is 9.57. The van der Waals surface area contributed by atoms with E-state index in [4.69, 9.17) is 11.6 Å². The van der Waals surface area contributed by atoms with Gasteiger partial charge in [-0.3, -0.25) is 14.3 Å². The highest BCUT2D eigenvalue weighted by molar-refractivity contribution is 6.34. The van der Waals surface area contributed by atoms with Gasteiger partial charge in [-0.1, -0.05) is 23.7 Å². The van der Waals surface area contributed by atoms with Gasteiger partial charge in [0.05, 0.1) is 16.4 Å². The standard InChI is InChI=1S/C23H22ClFN4O2/c1-14-11-15(2)29(28-14)16(3)23(31)27-21-9-8-19(13-20(21)24)26-22(30)10-7-17-5-4-6-18(25)12-17/h4-13,16H,1-3H3,(H,26,30)(H,27,31)/b10-7+. The van der Waals surface area contributed by atoms with Crippen LogP contribution in [0, 0.1) is 19.7 Å². The number of hydrogen-bond acceptors (Lipinski definition) is 3. The summed E-state index contributed by atoms with van der Waals surface area (Å²) in [5.74, 6) is -1.03. The number of carbonyl (C=O) groups excluding carboxylic acids is 2. The molecule has 3 aromatic rings. The maximum atomic E-state index is 13.2. The monoisotopic (exact) mass is 440 g/mol. The second-order valence-corrected chi connectivity index (χ2v) is 7.52. The Bertz CT molecular complexity index is 1160. The fourth-order valence-electron chi connectivity index (χ4n) is 3.05. The van der Waals surface area contributed by atoms with Crippen LogP contribution in [-0.2, 0) is 9.59 Å². The fraction of sp³-hybridized carbons (Fsp3) is 0.174. The highest BCUT2D eigenvalue weighted by Gasteiger charge is 2.19. The zero-order valence-electron chi connectivity index (χ0n) is 17.3. The van der Waals surface area contributed by atoms with E-state index in [1.54, 1.807) is 41.9 Å². The largest absolute Gasteiger partial charge is 0.323 e. The number of aromatic nitrogens is 2. The molecule has 6 nitrogen and oxygen atoms in total. The van der Waals surface area contributed by atoms with Crippen molar-refractivity contribution in [2.75, 3.05) is 10.6 Å². The molecule has 0 radical (unpaired) electrons. The maximum Gasteiger partial charge on any atom is 0.248 e. The quantitative estimate of drug-likeness (QED) is 0.521. The van der Waals surface area contributed by atoms with Gasteiger partial charge in [0.15, 0.2) is 0 Å². The first kappa shape index (κ1) is 22.2. The van der Waals surface area contributed by atoms with Crippen LogP contribution in [0.2, 0.25) is 5.02 Å². The predicted molar refractivity (Wildman–Crippen MR) is 121 cm³/mol. The van der Waals surface area contributed by atoms with Gasteiger partial charge in [0.1, 0.15) is 11.9 Å². The molecule has 0 bridgehead atoms. The van der Waals surface area contributed by atoms with Gasteiger partial charge in [-0.2, -0.15) is 5.10 Å². The van der Waals surface area contributed by atoms with Crippen molar-refractivity contribution in [1.82, 2.24) is 9.78 Å². The zero-order valence-corrected chi connectivity index (χ0v) is 18.1. The zero-order chi connectivity index (χ0) is 22.5. The molecule has 1 atom stereocenters. The summed E-state index contributed by atoms with van der Waals surface area (Å²) in [5, 5.41) is 10.1. The van der Waals surface area contributed by atoms with Crippen molar-refractivity contribution < 1.29 is 14.0 Å². The number of carbonyl (C=O) groups is 2. The lowest BCUT2D eigenvalue weighted by atomic mass is 10.2. The Morgan fingerprint density at radius 3 is 2.55 bits per heavy atom. The van der Waals surface area contributed by atoms with Crippen molar-refractivity contribution in [2.24, 2.45) is 0 Å². The van der Waals surface area contributed by atoms with E-state index in [9.17, 15) is 14.0 Å². The van der Waals surface area contributed by atoms with E-state index in [0.717, 1.165) is 11.4 Å². The number of nitrogens with zero attached hydrogens (tertiary/aromatic N) is 2. The molecular weight excluding hydrogens is 419 g/mol. The van der Waals surface area contributed by atoms with E-state index >= 15 is 0 Å². The lowest BCUT2D eigenvalue weighted by Crippen LogP contribution is -2.25. The van der Waals surface area contributed by atoms with Crippen molar-refractivity contribution in [1.29, 1.82) is 0 Å². The third-order valence-corrected chi connectivity index (χ3v) is 4.87. The molecule has 1 aromatic heterocycles. The molecule has 8 heteroatoms. The molecule has 31 heavy (non-hydrogen) atoms. The molecular formula is C23H22ClFN4O2. The summed E-state index contributed by atoms with van der Waals surface area (Å²) >= 11 is 6.29. The van der Waals surface area contributed by atoms with E-state index in [2.05, 4.69) is 15.7 Å². The third kappa shape index (κ3) is 5.79. The lowest BCUT2D eigenvalue weighted by molar-refractivity contribution is -0.119. The van der Waals surface area contributed by atoms with Gasteiger partial charge in [-0.05, 0) is 68.8 Å². The van der Waals surface area contributed by atoms with E-state index < -0.39 is 11.9 Å². The average molecular weight is 441 g/mol. The van der Waals surface area contributed by atoms with Crippen LogP contribution in [0.1, 0.15) is 29.9 Å². The van der Waals surface area contributed by atoms with Crippen LogP contribution >= 0.6 is 11.6 Å². The summed E-state index contributed by atoms with van der Waals surface area (Å²) in [4.78, 5) is 24.7. The summed E-state index contributed by atoms with van der Waals surface area (Å²) in [5.41, 5.74) is 3.18. The number of hydrogen-bond donors (Lipinski definition) is 2. The van der Waals surface area contributed by atoms with Crippen molar-refractivity contribution in [3.8, 4) is 0 Å². The van der Waals surface area contributed by atoms with Gasteiger partial charge in [0.25, 0.3) is 0 Å². The number of amides is 2. The highest BCUT2D eigenvalue weighted by Crippen LogP contribution is 2.26. The second-order valence-electron chi connectivity index (χ2n) is 7.11. The van der Waals surface area contributed by atoms with Crippen LogP contribution in [0.5, 0.6) is 0 Å². The Morgan fingerprint density at radius 1 is 1.13 bits per heavy atom. The van der Waals surface area contributed by atoms with Gasteiger partial charge in [0.2, 0.25) is 11.8 Å². The minimum absolute atomic E-state index is 0.261. The van der Waals surface area contributed by atoms with Gasteiger partial charge in [-0.25, -0.2) is 4.39 Å². The third-order valence-electron chi connectivity index (χ3n) is 4.56. The Labute approximate surface area is 184 Å². The van der Waals surface area contributed by atoms with Crippen LogP contribution in [0.15, 0.2) is 54.6 Å². The van der Waals surface area contributed by atoms with Crippen molar-refractivity contribution >= 4 is 40.9 Å². The first-order chi connectivity index (χ1) is 14.7. The van der Waals surface area contributed by atoms with E-state index in [1.807, 2.05) is 19.9 Å². The van der Waals surface area contributed by atoms with Crippen LogP contribution in [-0.4, -0.2) is 21.6 Å². The molecule has 2 amide bonds. The van der Waals surface area contributed by atoms with Crippen molar-refractivity contribution in [2.45, 2.75) is 26.8 Å². The Balaban J connectivity index is 1.63. The summed E-state index contributed by atoms with van der Waals surface area (Å²) in [6, 6.07) is 12.1. The van der Waals surface area contributed by atoms with Gasteiger partial charge in [-0.15, -0.1) is 0 Å². The summed E-state index contributed by atoms with van der Waals surface area (Å²) in [6.45, 7) is 5.50. The van der Waals surface area contributed by atoms with Crippen LogP contribution in [0.3, 0.4) is 0 Å². The molecule has 0 aliphatic heterocycles. The molecule has 0 fully saturated rings. The van der Waals surface area contributed by atoms with E-state index in [-0.39, 0.29) is 16.7 Å². The lowest BCUT2D eigenvalue weighted by Gasteiger charge is -2.15. The molecule has 0 spiro atoms. The van der Waals surface area contributed by atoms with Crippen molar-refractivity contribution in [3.05, 3.63) is 82.4 Å². The van der Waals surface area contributed by atoms with Crippen LogP contribution in [0.4, 0.5) is 15.8 Å². The molecule has 0 saturated heterocycles. The first-order valence-electron chi connectivity index (χ1n) is 9.61. The maximum absolute atomic E-state index is 13.2. The number of anilines is 2. The smallest absolute Gasteiger partial charge is 0.248 e. The average Bonchev–Trinajstić information content (AvgIpc) is 3.06. The van der Waals surface area contributed by atoms with Crippen molar-refractivity contribution in [3.63, 3.8) is 0 Å². The van der Waals surface area contributed by atoms with Gasteiger partial charge in [0, 0.05) is 17.5 Å². The molecule has 0 aliphatic rings. The number of rotatable bonds is 6. The molecule has 3 rings (SSSR count). The first-order valence-corrected chi connectivity index (χ1v) is 9.98. The number of halogens is 2. The van der Waals surface area contributed by atoms with E-state index in [0.29, 0.717) is 16.9 Å². The number of benzene rings is 2. The minimum Gasteiger partial charge on any atom is -0.323 e. The molecule has 0 saturated carbocycles. The van der Waals surface area contributed by atoms with Gasteiger partial charge < -0.3 is 10.6 Å². The molecule has 160 valence electrons. The molecule has 1 unspecified atom stereocenters. The van der Waals surface area contributed by atoms with E-state index in [1.165, 1.54) is 24.3 Å². The molecule has 0 aliphatic carbocycles. The predicted octanol–water partition coefficient (Wildman–Crippen LogP) is 5.14. The summed E-state index contributed by atoms with van der Waals surface area (Å²) < 4.78 is 14.8. The minimum atomic E-state index is -0.517. The molecule has 1 heterocycles. The molecule has 2 N–H and O–H groups in total. The normalized spacial score (nSPS) is 12.0. The summed E-state index contributed by atoms with van der Waals surface area (Å²) in [6.07, 6.45) is 2.81.